The second kappa shape index (κ2) is 7.30. The van der Waals surface area contributed by atoms with Crippen LogP contribution in [-0.4, -0.2) is 35.1 Å². The maximum Gasteiger partial charge on any atom is 0.329 e. The minimum Gasteiger partial charge on any atom is -0.324 e. The van der Waals surface area contributed by atoms with E-state index in [1.54, 1.807) is 58.3 Å². The van der Waals surface area contributed by atoms with Gasteiger partial charge in [-0.25, -0.2) is 4.79 Å². The van der Waals surface area contributed by atoms with E-state index in [1.165, 1.54) is 0 Å². The highest BCUT2D eigenvalue weighted by molar-refractivity contribution is 7.51. The van der Waals surface area contributed by atoms with Gasteiger partial charge in [0.25, 0.3) is 0 Å². The highest BCUT2D eigenvalue weighted by Gasteiger charge is 2.30. The Morgan fingerprint density at radius 1 is 0.962 bits per heavy atom. The van der Waals surface area contributed by atoms with Gasteiger partial charge in [0.1, 0.15) is 0 Å². The van der Waals surface area contributed by atoms with Gasteiger partial charge in [-0.1, -0.05) is 12.1 Å². The fourth-order valence-corrected chi connectivity index (χ4v) is 3.40. The van der Waals surface area contributed by atoms with Crippen LogP contribution in [0.3, 0.4) is 0 Å². The van der Waals surface area contributed by atoms with Gasteiger partial charge in [-0.3, -0.25) is 14.4 Å². The molecule has 7 nitrogen and oxygen atoms in total. The molecular formula is C18H18N3O4P. The third-order valence-corrected chi connectivity index (χ3v) is 5.06. The Morgan fingerprint density at radius 3 is 1.92 bits per heavy atom. The molecule has 2 aromatic carbocycles. The van der Waals surface area contributed by atoms with E-state index in [4.69, 9.17) is 15.0 Å². The van der Waals surface area contributed by atoms with Gasteiger partial charge in [-0.15, -0.1) is 0 Å². The molecule has 0 atom stereocenters. The average molecular weight is 371 g/mol. The third kappa shape index (κ3) is 4.12. The second-order valence-corrected chi connectivity index (χ2v) is 7.83. The van der Waals surface area contributed by atoms with Crippen LogP contribution in [0.5, 0.6) is 0 Å². The van der Waals surface area contributed by atoms with Crippen molar-refractivity contribution in [3.63, 3.8) is 0 Å². The first-order valence-electron chi connectivity index (χ1n) is 8.10. The molecule has 2 aromatic rings. The Morgan fingerprint density at radius 2 is 1.46 bits per heavy atom. The van der Waals surface area contributed by atoms with Crippen molar-refractivity contribution < 1.29 is 19.1 Å². The molecule has 26 heavy (non-hydrogen) atoms. The zero-order valence-electron chi connectivity index (χ0n) is 13.9. The van der Waals surface area contributed by atoms with Gasteiger partial charge in [-0.05, 0) is 48.4 Å². The van der Waals surface area contributed by atoms with Crippen molar-refractivity contribution in [3.8, 4) is 6.07 Å². The van der Waals surface area contributed by atoms with E-state index >= 15 is 0 Å². The zero-order valence-corrected chi connectivity index (χ0v) is 14.8. The maximum absolute atomic E-state index is 12.7. The number of hydrogen-bond donors (Lipinski definition) is 2. The van der Waals surface area contributed by atoms with E-state index in [0.29, 0.717) is 18.7 Å². The fourth-order valence-electron chi connectivity index (χ4n) is 2.85. The Kier molecular flexibility index (Phi) is 5.10. The zero-order chi connectivity index (χ0) is 18.7. The molecule has 0 unspecified atom stereocenters. The van der Waals surface area contributed by atoms with E-state index < -0.39 is 7.60 Å². The van der Waals surface area contributed by atoms with E-state index in [0.717, 1.165) is 16.9 Å². The molecule has 1 heterocycles. The normalized spacial score (nSPS) is 14.6. The lowest BCUT2D eigenvalue weighted by Gasteiger charge is -2.19. The fraction of sp³-hybridized carbons (Fsp3) is 0.222. The van der Waals surface area contributed by atoms with Crippen LogP contribution in [-0.2, 0) is 11.0 Å². The molecule has 0 radical (unpaired) electrons. The van der Waals surface area contributed by atoms with Gasteiger partial charge in [0.05, 0.1) is 17.8 Å². The van der Waals surface area contributed by atoms with Crippen molar-refractivity contribution in [1.82, 2.24) is 0 Å². The molecular weight excluding hydrogens is 353 g/mol. The summed E-state index contributed by atoms with van der Waals surface area (Å²) in [5, 5.41) is 8.86. The van der Waals surface area contributed by atoms with Crippen molar-refractivity contribution in [3.05, 3.63) is 59.7 Å². The topological polar surface area (TPSA) is 105 Å². The number of amides is 2. The average Bonchev–Trinajstić information content (AvgIpc) is 3.01. The number of carbonyl (C=O) groups is 1. The molecule has 0 saturated carbocycles. The van der Waals surface area contributed by atoms with Crippen LogP contribution in [0, 0.1) is 11.3 Å². The van der Waals surface area contributed by atoms with E-state index in [2.05, 4.69) is 6.07 Å². The molecule has 3 rings (SSSR count). The minimum atomic E-state index is -4.01. The summed E-state index contributed by atoms with van der Waals surface area (Å²) >= 11 is 0. The highest BCUT2D eigenvalue weighted by atomic mass is 31.2. The number of aryl methyl sites for hydroxylation is 1. The van der Waals surface area contributed by atoms with Gasteiger partial charge < -0.3 is 9.79 Å². The molecule has 0 aliphatic carbocycles. The summed E-state index contributed by atoms with van der Waals surface area (Å²) in [5.41, 5.74) is 2.84. The smallest absolute Gasteiger partial charge is 0.324 e. The van der Waals surface area contributed by atoms with Gasteiger partial charge in [0, 0.05) is 24.5 Å². The van der Waals surface area contributed by atoms with Crippen molar-refractivity contribution in [2.24, 2.45) is 0 Å². The van der Waals surface area contributed by atoms with Crippen LogP contribution in [0.4, 0.5) is 16.2 Å². The van der Waals surface area contributed by atoms with Crippen LogP contribution >= 0.6 is 7.60 Å². The predicted molar refractivity (Wildman–Crippen MR) is 98.3 cm³/mol. The van der Waals surface area contributed by atoms with Crippen LogP contribution in [0.1, 0.15) is 11.1 Å². The molecule has 0 spiro atoms. The monoisotopic (exact) mass is 371 g/mol. The summed E-state index contributed by atoms with van der Waals surface area (Å²) in [5.74, 6) is 0. The van der Waals surface area contributed by atoms with Crippen molar-refractivity contribution in [2.75, 3.05) is 29.1 Å². The number of nitrogens with zero attached hydrogens (tertiary/aromatic N) is 3. The maximum atomic E-state index is 12.7. The Balaban J connectivity index is 1.69. The first-order valence-corrected chi connectivity index (χ1v) is 9.90. The summed E-state index contributed by atoms with van der Waals surface area (Å²) in [6, 6.07) is 15.9. The van der Waals surface area contributed by atoms with Crippen LogP contribution < -0.4 is 9.80 Å². The first kappa shape index (κ1) is 18.2. The Labute approximate surface area is 151 Å². The minimum absolute atomic E-state index is 0.141. The second-order valence-electron chi connectivity index (χ2n) is 6.05. The van der Waals surface area contributed by atoms with Crippen molar-refractivity contribution in [1.29, 1.82) is 5.26 Å². The lowest BCUT2D eigenvalue weighted by atomic mass is 10.1. The lowest BCUT2D eigenvalue weighted by molar-refractivity contribution is 0.256. The first-order chi connectivity index (χ1) is 12.4. The summed E-state index contributed by atoms with van der Waals surface area (Å²) in [6.45, 7) is 1.09. The number of carbonyl (C=O) groups excluding carboxylic acids is 1. The van der Waals surface area contributed by atoms with E-state index in [-0.39, 0.29) is 18.6 Å². The van der Waals surface area contributed by atoms with Gasteiger partial charge in [0.2, 0.25) is 0 Å². The lowest BCUT2D eigenvalue weighted by Crippen LogP contribution is -2.31. The van der Waals surface area contributed by atoms with Gasteiger partial charge in [-0.2, -0.15) is 5.26 Å². The largest absolute Gasteiger partial charge is 0.329 e. The van der Waals surface area contributed by atoms with Crippen molar-refractivity contribution in [2.45, 2.75) is 6.42 Å². The molecule has 2 N–H and O–H groups in total. The summed E-state index contributed by atoms with van der Waals surface area (Å²) in [6.07, 6.45) is 0.0946. The number of nitriles is 1. The quantitative estimate of drug-likeness (QED) is 0.787. The molecule has 1 saturated heterocycles. The number of rotatable bonds is 5. The molecule has 1 fully saturated rings. The van der Waals surface area contributed by atoms with Gasteiger partial charge in [0.15, 0.2) is 0 Å². The standard InChI is InChI=1S/C18H18N3O4P/c19-13-15-3-7-17(8-4-15)21-11-10-20(18(21)22)16-5-1-14(2-6-16)9-12-26(23,24)25/h1-8H,9-12H2,(H2,23,24,25). The van der Waals surface area contributed by atoms with Crippen LogP contribution in [0.15, 0.2) is 48.5 Å². The SMILES string of the molecule is N#Cc1ccc(N2CCN(c3ccc(CCP(=O)(O)O)cc3)C2=O)cc1. The van der Waals surface area contributed by atoms with Crippen LogP contribution in [0.2, 0.25) is 0 Å². The van der Waals surface area contributed by atoms with Crippen LogP contribution in [0.25, 0.3) is 0 Å². The molecule has 1 aliphatic heterocycles. The molecule has 0 aromatic heterocycles. The van der Waals surface area contributed by atoms with Gasteiger partial charge >= 0.3 is 13.6 Å². The molecule has 8 heteroatoms. The molecule has 134 valence electrons. The number of benzene rings is 2. The Hall–Kier alpha value is -2.65. The van der Waals surface area contributed by atoms with E-state index in [1.807, 2.05) is 0 Å². The summed E-state index contributed by atoms with van der Waals surface area (Å²) < 4.78 is 11.0. The van der Waals surface area contributed by atoms with Crippen molar-refractivity contribution >= 4 is 25.0 Å². The summed E-state index contributed by atoms with van der Waals surface area (Å²) in [7, 11) is -4.01. The number of anilines is 2. The predicted octanol–water partition coefficient (Wildman–Crippen LogP) is 2.73. The van der Waals surface area contributed by atoms with E-state index in [9.17, 15) is 9.36 Å². The Bertz CT molecular complexity index is 884. The number of urea groups is 1. The molecule has 0 bridgehead atoms. The molecule has 2 amide bonds. The molecule has 1 aliphatic rings. The highest BCUT2D eigenvalue weighted by Crippen LogP contribution is 2.35. The summed E-state index contributed by atoms with van der Waals surface area (Å²) in [4.78, 5) is 33.9. The number of hydrogen-bond acceptors (Lipinski definition) is 3. The third-order valence-electron chi connectivity index (χ3n) is 4.26.